The van der Waals surface area contributed by atoms with E-state index in [9.17, 15) is 9.59 Å². The Hall–Kier alpha value is -1.75. The van der Waals surface area contributed by atoms with Gasteiger partial charge in [-0.3, -0.25) is 14.5 Å². The summed E-state index contributed by atoms with van der Waals surface area (Å²) in [7, 11) is 0. The van der Waals surface area contributed by atoms with Crippen molar-refractivity contribution in [3.8, 4) is 0 Å². The lowest BCUT2D eigenvalue weighted by atomic mass is 10.1. The van der Waals surface area contributed by atoms with Gasteiger partial charge in [0, 0.05) is 10.0 Å². The molecule has 3 rings (SSSR count). The molecule has 0 aliphatic carbocycles. The third-order valence-electron chi connectivity index (χ3n) is 3.69. The number of carbonyl (C=O) groups is 2. The highest BCUT2D eigenvalue weighted by atomic mass is 35.5. The number of rotatable bonds is 3. The highest BCUT2D eigenvalue weighted by molar-refractivity contribution is 8.18. The molecule has 3 nitrogen and oxygen atoms in total. The predicted octanol–water partition coefficient (Wildman–Crippen LogP) is 5.54. The van der Waals surface area contributed by atoms with E-state index in [-0.39, 0.29) is 17.7 Å². The lowest BCUT2D eigenvalue weighted by Gasteiger charge is -2.13. The molecule has 1 heterocycles. The summed E-state index contributed by atoms with van der Waals surface area (Å²) in [5.41, 5.74) is 2.65. The Morgan fingerprint density at radius 1 is 1.12 bits per heavy atom. The quantitative estimate of drug-likeness (QED) is 0.659. The lowest BCUT2D eigenvalue weighted by Crippen LogP contribution is -2.27. The summed E-state index contributed by atoms with van der Waals surface area (Å²) in [6, 6.07) is 12.7. The topological polar surface area (TPSA) is 37.4 Å². The van der Waals surface area contributed by atoms with Crippen molar-refractivity contribution >= 4 is 52.2 Å². The minimum Gasteiger partial charge on any atom is -0.268 e. The normalized spacial score (nSPS) is 16.3. The van der Waals surface area contributed by atoms with Crippen LogP contribution in [0.25, 0.3) is 6.08 Å². The summed E-state index contributed by atoms with van der Waals surface area (Å²) in [4.78, 5) is 26.4. The molecule has 0 unspecified atom stereocenters. The second-order valence-electron chi connectivity index (χ2n) is 5.36. The molecule has 1 aliphatic rings. The van der Waals surface area contributed by atoms with Crippen LogP contribution in [0, 0.1) is 6.92 Å². The number of aryl methyl sites for hydroxylation is 1. The summed E-state index contributed by atoms with van der Waals surface area (Å²) in [6.45, 7) is 2.09. The van der Waals surface area contributed by atoms with Crippen molar-refractivity contribution in [3.05, 3.63) is 74.1 Å². The monoisotopic (exact) mass is 377 g/mol. The van der Waals surface area contributed by atoms with Gasteiger partial charge in [-0.2, -0.15) is 0 Å². The summed E-state index contributed by atoms with van der Waals surface area (Å²) in [5, 5.41) is 0.646. The van der Waals surface area contributed by atoms with Crippen LogP contribution in [-0.2, 0) is 11.3 Å². The van der Waals surface area contributed by atoms with E-state index >= 15 is 0 Å². The van der Waals surface area contributed by atoms with Crippen molar-refractivity contribution in [3.63, 3.8) is 0 Å². The summed E-state index contributed by atoms with van der Waals surface area (Å²) >= 11 is 13.0. The zero-order chi connectivity index (χ0) is 17.3. The molecule has 1 fully saturated rings. The highest BCUT2D eigenvalue weighted by Crippen LogP contribution is 2.34. The Morgan fingerprint density at radius 2 is 1.88 bits per heavy atom. The van der Waals surface area contributed by atoms with E-state index in [0.717, 1.165) is 22.9 Å². The molecule has 0 spiro atoms. The van der Waals surface area contributed by atoms with E-state index in [1.54, 1.807) is 24.3 Å². The third kappa shape index (κ3) is 3.51. The molecule has 24 heavy (non-hydrogen) atoms. The van der Waals surface area contributed by atoms with Crippen LogP contribution in [0.3, 0.4) is 0 Å². The first-order valence-electron chi connectivity index (χ1n) is 7.20. The van der Waals surface area contributed by atoms with E-state index < -0.39 is 0 Å². The number of hydrogen-bond acceptors (Lipinski definition) is 3. The number of nitrogens with zero attached hydrogens (tertiary/aromatic N) is 1. The van der Waals surface area contributed by atoms with Gasteiger partial charge in [0.05, 0.1) is 11.4 Å². The maximum atomic E-state index is 12.6. The van der Waals surface area contributed by atoms with Crippen molar-refractivity contribution in [2.75, 3.05) is 0 Å². The van der Waals surface area contributed by atoms with Gasteiger partial charge in [-0.15, -0.1) is 0 Å². The average Bonchev–Trinajstić information content (AvgIpc) is 2.79. The van der Waals surface area contributed by atoms with E-state index in [0.29, 0.717) is 20.5 Å². The molecular formula is C18H13Cl2NO2S. The third-order valence-corrected chi connectivity index (χ3v) is 5.19. The molecule has 6 heteroatoms. The number of benzene rings is 2. The fraction of sp³-hybridized carbons (Fsp3) is 0.111. The second kappa shape index (κ2) is 7.01. The van der Waals surface area contributed by atoms with E-state index in [1.165, 1.54) is 4.90 Å². The van der Waals surface area contributed by atoms with Gasteiger partial charge in [-0.1, -0.05) is 53.5 Å². The number of thioether (sulfide) groups is 1. The van der Waals surface area contributed by atoms with Crippen LogP contribution in [0.2, 0.25) is 10.0 Å². The lowest BCUT2D eigenvalue weighted by molar-refractivity contribution is -0.123. The SMILES string of the molecule is Cc1ccccc1/C=C1\SC(=O)N(Cc2ccc(Cl)cc2Cl)C1=O. The molecule has 2 amide bonds. The van der Waals surface area contributed by atoms with Gasteiger partial charge in [0.1, 0.15) is 0 Å². The first-order valence-corrected chi connectivity index (χ1v) is 8.78. The van der Waals surface area contributed by atoms with Crippen molar-refractivity contribution in [2.45, 2.75) is 13.5 Å². The van der Waals surface area contributed by atoms with Crippen LogP contribution >= 0.6 is 35.0 Å². The first-order chi connectivity index (χ1) is 11.5. The maximum Gasteiger partial charge on any atom is 0.293 e. The Bertz CT molecular complexity index is 864. The Morgan fingerprint density at radius 3 is 2.58 bits per heavy atom. The van der Waals surface area contributed by atoms with Crippen molar-refractivity contribution in [2.24, 2.45) is 0 Å². The van der Waals surface area contributed by atoms with Crippen LogP contribution in [0.15, 0.2) is 47.4 Å². The first kappa shape index (κ1) is 17.1. The Labute approximate surface area is 154 Å². The summed E-state index contributed by atoms with van der Waals surface area (Å²) in [6.07, 6.45) is 1.75. The summed E-state index contributed by atoms with van der Waals surface area (Å²) < 4.78 is 0. The van der Waals surface area contributed by atoms with Gasteiger partial charge >= 0.3 is 0 Å². The molecule has 0 radical (unpaired) electrons. The molecule has 1 saturated heterocycles. The minimum absolute atomic E-state index is 0.131. The Balaban J connectivity index is 1.85. The molecule has 1 aliphatic heterocycles. The van der Waals surface area contributed by atoms with Crippen molar-refractivity contribution in [1.29, 1.82) is 0 Å². The van der Waals surface area contributed by atoms with Crippen LogP contribution in [0.5, 0.6) is 0 Å². The van der Waals surface area contributed by atoms with E-state index in [4.69, 9.17) is 23.2 Å². The molecule has 0 N–H and O–H groups in total. The van der Waals surface area contributed by atoms with Gasteiger partial charge in [-0.25, -0.2) is 0 Å². The number of halogens is 2. The van der Waals surface area contributed by atoms with Crippen LogP contribution < -0.4 is 0 Å². The fourth-order valence-electron chi connectivity index (χ4n) is 2.35. The highest BCUT2D eigenvalue weighted by Gasteiger charge is 2.35. The zero-order valence-electron chi connectivity index (χ0n) is 12.8. The largest absolute Gasteiger partial charge is 0.293 e. The number of hydrogen-bond donors (Lipinski definition) is 0. The summed E-state index contributed by atoms with van der Waals surface area (Å²) in [5.74, 6) is -0.306. The maximum absolute atomic E-state index is 12.6. The molecule has 0 saturated carbocycles. The molecule has 0 bridgehead atoms. The van der Waals surface area contributed by atoms with Crippen LogP contribution in [-0.4, -0.2) is 16.0 Å². The fourth-order valence-corrected chi connectivity index (χ4v) is 3.64. The zero-order valence-corrected chi connectivity index (χ0v) is 15.1. The Kier molecular flexibility index (Phi) is 4.99. The molecule has 122 valence electrons. The van der Waals surface area contributed by atoms with Gasteiger partial charge < -0.3 is 0 Å². The van der Waals surface area contributed by atoms with Gasteiger partial charge in [-0.05, 0) is 53.6 Å². The van der Waals surface area contributed by atoms with Gasteiger partial charge in [0.15, 0.2) is 0 Å². The van der Waals surface area contributed by atoms with E-state index in [1.807, 2.05) is 31.2 Å². The van der Waals surface area contributed by atoms with Gasteiger partial charge in [0.2, 0.25) is 0 Å². The molecule has 0 aromatic heterocycles. The minimum atomic E-state index is -0.306. The molecule has 0 atom stereocenters. The van der Waals surface area contributed by atoms with Crippen LogP contribution in [0.4, 0.5) is 4.79 Å². The van der Waals surface area contributed by atoms with Crippen LogP contribution in [0.1, 0.15) is 16.7 Å². The van der Waals surface area contributed by atoms with Gasteiger partial charge in [0.25, 0.3) is 11.1 Å². The smallest absolute Gasteiger partial charge is 0.268 e. The van der Waals surface area contributed by atoms with Crippen molar-refractivity contribution in [1.82, 2.24) is 4.90 Å². The number of carbonyl (C=O) groups excluding carboxylic acids is 2. The standard InChI is InChI=1S/C18H13Cl2NO2S/c1-11-4-2-3-5-12(11)8-16-17(22)21(18(23)24-16)10-13-6-7-14(19)9-15(13)20/h2-9H,10H2,1H3/b16-8-. The number of amides is 2. The van der Waals surface area contributed by atoms with E-state index in [2.05, 4.69) is 0 Å². The predicted molar refractivity (Wildman–Crippen MR) is 99.2 cm³/mol. The molecule has 2 aromatic rings. The molecule has 2 aromatic carbocycles. The second-order valence-corrected chi connectivity index (χ2v) is 7.20. The van der Waals surface area contributed by atoms with Crippen molar-refractivity contribution < 1.29 is 9.59 Å². The molecular weight excluding hydrogens is 365 g/mol. The average molecular weight is 378 g/mol. The number of imide groups is 1.